The average molecular weight is 378 g/mol. The third-order valence-electron chi connectivity index (χ3n) is 5.36. The number of hydrogen-bond donors (Lipinski definition) is 0. The van der Waals surface area contributed by atoms with Gasteiger partial charge in [0, 0.05) is 38.3 Å². The highest BCUT2D eigenvalue weighted by Crippen LogP contribution is 2.29. The quantitative estimate of drug-likeness (QED) is 0.689. The lowest BCUT2D eigenvalue weighted by Crippen LogP contribution is -2.48. The van der Waals surface area contributed by atoms with E-state index in [4.69, 9.17) is 4.74 Å². The zero-order valence-corrected chi connectivity index (χ0v) is 15.9. The minimum Gasteiger partial charge on any atom is -0.496 e. The van der Waals surface area contributed by atoms with Gasteiger partial charge in [0.1, 0.15) is 11.6 Å². The summed E-state index contributed by atoms with van der Waals surface area (Å²) in [5.41, 5.74) is 1.31. The molecule has 0 radical (unpaired) electrons. The summed E-state index contributed by atoms with van der Waals surface area (Å²) < 4.78 is 19.5. The topological polar surface area (TPSA) is 32.8 Å². The first kappa shape index (κ1) is 18.4. The highest BCUT2D eigenvalue weighted by molar-refractivity contribution is 5.94. The number of rotatable bonds is 4. The Kier molecular flexibility index (Phi) is 5.26. The molecule has 1 aliphatic rings. The number of amides is 1. The number of nitrogens with zero attached hydrogens (tertiary/aromatic N) is 2. The van der Waals surface area contributed by atoms with Crippen LogP contribution in [0.3, 0.4) is 0 Å². The van der Waals surface area contributed by atoms with Crippen molar-refractivity contribution in [2.45, 2.75) is 6.54 Å². The Labute approximate surface area is 164 Å². The van der Waals surface area contributed by atoms with E-state index in [1.54, 1.807) is 30.2 Å². The van der Waals surface area contributed by atoms with Gasteiger partial charge in [-0.1, -0.05) is 42.5 Å². The molecule has 3 aromatic carbocycles. The smallest absolute Gasteiger partial charge is 0.256 e. The molecular formula is C23H23FN2O2. The zero-order valence-electron chi connectivity index (χ0n) is 15.9. The molecule has 0 bridgehead atoms. The van der Waals surface area contributed by atoms with E-state index in [2.05, 4.69) is 23.1 Å². The van der Waals surface area contributed by atoms with E-state index in [-0.39, 0.29) is 11.5 Å². The van der Waals surface area contributed by atoms with E-state index >= 15 is 0 Å². The molecule has 0 aliphatic carbocycles. The molecule has 0 spiro atoms. The van der Waals surface area contributed by atoms with Crippen LogP contribution in [0.4, 0.5) is 4.39 Å². The number of methoxy groups -OCH3 is 1. The summed E-state index contributed by atoms with van der Waals surface area (Å²) in [5, 5.41) is 2.37. The number of piperazine rings is 1. The second-order valence-electron chi connectivity index (χ2n) is 7.02. The lowest BCUT2D eigenvalue weighted by molar-refractivity contribution is 0.0623. The van der Waals surface area contributed by atoms with Crippen molar-refractivity contribution in [2.24, 2.45) is 0 Å². The molecule has 144 valence electrons. The molecule has 3 aromatic rings. The second-order valence-corrected chi connectivity index (χ2v) is 7.02. The molecular weight excluding hydrogens is 355 g/mol. The van der Waals surface area contributed by atoms with Crippen molar-refractivity contribution in [2.75, 3.05) is 33.3 Å². The van der Waals surface area contributed by atoms with Crippen molar-refractivity contribution in [3.63, 3.8) is 0 Å². The van der Waals surface area contributed by atoms with E-state index in [9.17, 15) is 9.18 Å². The molecule has 28 heavy (non-hydrogen) atoms. The lowest BCUT2D eigenvalue weighted by atomic mass is 10.0. The van der Waals surface area contributed by atoms with Gasteiger partial charge < -0.3 is 9.64 Å². The Hall–Kier alpha value is -2.92. The molecule has 0 N–H and O–H groups in total. The van der Waals surface area contributed by atoms with Crippen LogP contribution in [-0.4, -0.2) is 49.0 Å². The number of benzene rings is 3. The van der Waals surface area contributed by atoms with E-state index in [1.807, 2.05) is 18.2 Å². The third kappa shape index (κ3) is 3.58. The van der Waals surface area contributed by atoms with Crippen LogP contribution in [0.5, 0.6) is 5.75 Å². The van der Waals surface area contributed by atoms with Crippen LogP contribution in [0.15, 0.2) is 60.7 Å². The fraction of sp³-hybridized carbons (Fsp3) is 0.261. The SMILES string of the molecule is COc1ccc2ccccc2c1CN1CCN(C(=O)c2ccccc2F)CC1. The molecule has 0 saturated carbocycles. The maximum Gasteiger partial charge on any atom is 0.256 e. The largest absolute Gasteiger partial charge is 0.496 e. The number of carbonyl (C=O) groups is 1. The highest BCUT2D eigenvalue weighted by atomic mass is 19.1. The van der Waals surface area contributed by atoms with E-state index in [1.165, 1.54) is 16.8 Å². The maximum atomic E-state index is 13.9. The molecule has 4 nitrogen and oxygen atoms in total. The first-order valence-corrected chi connectivity index (χ1v) is 9.48. The molecule has 5 heteroatoms. The summed E-state index contributed by atoms with van der Waals surface area (Å²) in [6.07, 6.45) is 0. The van der Waals surface area contributed by atoms with Gasteiger partial charge in [-0.2, -0.15) is 0 Å². The first-order valence-electron chi connectivity index (χ1n) is 9.48. The van der Waals surface area contributed by atoms with Gasteiger partial charge >= 0.3 is 0 Å². The lowest BCUT2D eigenvalue weighted by Gasteiger charge is -2.35. The van der Waals surface area contributed by atoms with Crippen LogP contribution in [0, 0.1) is 5.82 Å². The summed E-state index contributed by atoms with van der Waals surface area (Å²) >= 11 is 0. The first-order chi connectivity index (χ1) is 13.7. The predicted molar refractivity (Wildman–Crippen MR) is 108 cm³/mol. The molecule has 1 amide bonds. The van der Waals surface area contributed by atoms with Crippen LogP contribution < -0.4 is 4.74 Å². The van der Waals surface area contributed by atoms with Crippen molar-refractivity contribution < 1.29 is 13.9 Å². The van der Waals surface area contributed by atoms with Crippen molar-refractivity contribution in [3.05, 3.63) is 77.6 Å². The van der Waals surface area contributed by atoms with Gasteiger partial charge in [0.2, 0.25) is 0 Å². The van der Waals surface area contributed by atoms with Crippen LogP contribution in [0.25, 0.3) is 10.8 Å². The summed E-state index contributed by atoms with van der Waals surface area (Å²) in [6, 6.07) is 18.5. The normalized spacial score (nSPS) is 15.0. The predicted octanol–water partition coefficient (Wildman–Crippen LogP) is 3.95. The van der Waals surface area contributed by atoms with Crippen LogP contribution in [0.2, 0.25) is 0 Å². The van der Waals surface area contributed by atoms with E-state index in [0.717, 1.165) is 30.9 Å². The highest BCUT2D eigenvalue weighted by Gasteiger charge is 2.24. The molecule has 0 aromatic heterocycles. The van der Waals surface area contributed by atoms with Crippen molar-refractivity contribution in [1.29, 1.82) is 0 Å². The Morgan fingerprint density at radius 2 is 1.68 bits per heavy atom. The monoisotopic (exact) mass is 378 g/mol. The third-order valence-corrected chi connectivity index (χ3v) is 5.36. The van der Waals surface area contributed by atoms with Crippen molar-refractivity contribution >= 4 is 16.7 Å². The minimum atomic E-state index is -0.463. The van der Waals surface area contributed by atoms with Crippen LogP contribution in [0.1, 0.15) is 15.9 Å². The van der Waals surface area contributed by atoms with Crippen LogP contribution in [-0.2, 0) is 6.54 Å². The van der Waals surface area contributed by atoms with Crippen LogP contribution >= 0.6 is 0 Å². The summed E-state index contributed by atoms with van der Waals surface area (Å²) in [4.78, 5) is 16.7. The molecule has 4 rings (SSSR count). The summed E-state index contributed by atoms with van der Waals surface area (Å²) in [7, 11) is 1.69. The molecule has 1 saturated heterocycles. The Bertz CT molecular complexity index is 997. The number of fused-ring (bicyclic) bond motifs is 1. The Morgan fingerprint density at radius 3 is 2.43 bits per heavy atom. The molecule has 0 unspecified atom stereocenters. The van der Waals surface area contributed by atoms with Crippen molar-refractivity contribution in [1.82, 2.24) is 9.80 Å². The summed E-state index contributed by atoms with van der Waals surface area (Å²) in [5.74, 6) is 0.180. The number of ether oxygens (including phenoxy) is 1. The standard InChI is InChI=1S/C23H23FN2O2/c1-28-22-11-10-17-6-2-3-7-18(17)20(22)16-25-12-14-26(15-13-25)23(27)19-8-4-5-9-21(19)24/h2-11H,12-16H2,1H3. The maximum absolute atomic E-state index is 13.9. The molecule has 1 aliphatic heterocycles. The van der Waals surface area contributed by atoms with Gasteiger partial charge in [-0.05, 0) is 29.0 Å². The zero-order chi connectivity index (χ0) is 19.5. The number of carbonyl (C=O) groups excluding carboxylic acids is 1. The Balaban J connectivity index is 1.47. The summed E-state index contributed by atoms with van der Waals surface area (Å²) in [6.45, 7) is 3.41. The fourth-order valence-corrected chi connectivity index (χ4v) is 3.81. The molecule has 0 atom stereocenters. The minimum absolute atomic E-state index is 0.145. The van der Waals surface area contributed by atoms with Gasteiger partial charge in [-0.3, -0.25) is 9.69 Å². The Morgan fingerprint density at radius 1 is 0.964 bits per heavy atom. The van der Waals surface area contributed by atoms with Gasteiger partial charge in [-0.15, -0.1) is 0 Å². The van der Waals surface area contributed by atoms with Crippen molar-refractivity contribution in [3.8, 4) is 5.75 Å². The number of hydrogen-bond acceptors (Lipinski definition) is 3. The average Bonchev–Trinajstić information content (AvgIpc) is 2.74. The van der Waals surface area contributed by atoms with E-state index < -0.39 is 5.82 Å². The van der Waals surface area contributed by atoms with Gasteiger partial charge in [0.05, 0.1) is 12.7 Å². The second kappa shape index (κ2) is 7.98. The number of halogens is 1. The fourth-order valence-electron chi connectivity index (χ4n) is 3.81. The van der Waals surface area contributed by atoms with Gasteiger partial charge in [-0.25, -0.2) is 4.39 Å². The van der Waals surface area contributed by atoms with Gasteiger partial charge in [0.15, 0.2) is 0 Å². The van der Waals surface area contributed by atoms with Gasteiger partial charge in [0.25, 0.3) is 5.91 Å². The molecule has 1 fully saturated rings. The van der Waals surface area contributed by atoms with E-state index in [0.29, 0.717) is 13.1 Å². The molecule has 1 heterocycles.